The number of amides is 1. The normalized spacial score (nSPS) is 16.4. The van der Waals surface area contributed by atoms with Crippen molar-refractivity contribution in [3.8, 4) is 0 Å². The summed E-state index contributed by atoms with van der Waals surface area (Å²) in [6.07, 6.45) is -4.64. The first-order valence-electron chi connectivity index (χ1n) is 9.01. The molecule has 1 saturated heterocycles. The number of halogens is 4. The number of anilines is 1. The predicted octanol–water partition coefficient (Wildman–Crippen LogP) is 2.79. The van der Waals surface area contributed by atoms with Crippen LogP contribution in [0.5, 0.6) is 0 Å². The molecular formula is C19H19F4N3O3S. The molecular weight excluding hydrogens is 426 g/mol. The van der Waals surface area contributed by atoms with E-state index < -0.39 is 32.5 Å². The van der Waals surface area contributed by atoms with Crippen molar-refractivity contribution in [2.45, 2.75) is 11.1 Å². The van der Waals surface area contributed by atoms with Crippen molar-refractivity contribution in [2.24, 2.45) is 0 Å². The van der Waals surface area contributed by atoms with Gasteiger partial charge in [0.1, 0.15) is 5.82 Å². The van der Waals surface area contributed by atoms with Crippen molar-refractivity contribution in [1.29, 1.82) is 0 Å². The third-order valence-corrected chi connectivity index (χ3v) is 6.50. The van der Waals surface area contributed by atoms with Gasteiger partial charge in [-0.3, -0.25) is 9.69 Å². The molecule has 6 nitrogen and oxygen atoms in total. The fraction of sp³-hybridized carbons (Fsp3) is 0.316. The van der Waals surface area contributed by atoms with Crippen LogP contribution < -0.4 is 5.32 Å². The highest BCUT2D eigenvalue weighted by Crippen LogP contribution is 2.31. The Morgan fingerprint density at radius 3 is 2.30 bits per heavy atom. The Balaban J connectivity index is 1.59. The molecule has 2 aromatic rings. The quantitative estimate of drug-likeness (QED) is 0.719. The number of hydrogen-bond donors (Lipinski definition) is 1. The van der Waals surface area contributed by atoms with Gasteiger partial charge >= 0.3 is 6.18 Å². The van der Waals surface area contributed by atoms with Gasteiger partial charge in [-0.2, -0.15) is 17.5 Å². The minimum Gasteiger partial charge on any atom is -0.325 e. The van der Waals surface area contributed by atoms with E-state index in [0.717, 1.165) is 22.5 Å². The molecule has 0 radical (unpaired) electrons. The minimum absolute atomic E-state index is 0.0199. The van der Waals surface area contributed by atoms with Gasteiger partial charge in [0.05, 0.1) is 17.0 Å². The highest BCUT2D eigenvalue weighted by Gasteiger charge is 2.34. The van der Waals surface area contributed by atoms with Crippen LogP contribution in [-0.4, -0.2) is 56.3 Å². The smallest absolute Gasteiger partial charge is 0.325 e. The molecule has 3 rings (SSSR count). The summed E-state index contributed by atoms with van der Waals surface area (Å²) in [5.74, 6) is -0.865. The maximum Gasteiger partial charge on any atom is 0.416 e. The number of carbonyl (C=O) groups is 1. The molecule has 1 fully saturated rings. The second-order valence-electron chi connectivity index (χ2n) is 6.76. The summed E-state index contributed by atoms with van der Waals surface area (Å²) >= 11 is 0. The molecule has 0 unspecified atom stereocenters. The molecule has 1 aliphatic rings. The number of rotatable bonds is 5. The summed E-state index contributed by atoms with van der Waals surface area (Å²) in [4.78, 5) is 13.4. The number of nitrogens with one attached hydrogen (secondary N) is 1. The fourth-order valence-corrected chi connectivity index (χ4v) is 4.55. The van der Waals surface area contributed by atoms with Crippen LogP contribution in [0.15, 0.2) is 53.4 Å². The third-order valence-electron chi connectivity index (χ3n) is 4.61. The van der Waals surface area contributed by atoms with E-state index in [4.69, 9.17) is 0 Å². The number of carbonyl (C=O) groups excluding carboxylic acids is 1. The molecule has 30 heavy (non-hydrogen) atoms. The van der Waals surface area contributed by atoms with Gasteiger partial charge in [-0.1, -0.05) is 12.1 Å². The van der Waals surface area contributed by atoms with Gasteiger partial charge in [0.15, 0.2) is 0 Å². The van der Waals surface area contributed by atoms with Gasteiger partial charge in [0.2, 0.25) is 15.9 Å². The van der Waals surface area contributed by atoms with Crippen LogP contribution in [0.1, 0.15) is 5.56 Å². The van der Waals surface area contributed by atoms with E-state index in [2.05, 4.69) is 5.32 Å². The van der Waals surface area contributed by atoms with Crippen LogP contribution in [0.3, 0.4) is 0 Å². The monoisotopic (exact) mass is 445 g/mol. The number of piperazine rings is 1. The van der Waals surface area contributed by atoms with Gasteiger partial charge in [-0.15, -0.1) is 0 Å². The van der Waals surface area contributed by atoms with Crippen molar-refractivity contribution in [2.75, 3.05) is 38.0 Å². The van der Waals surface area contributed by atoms with Crippen LogP contribution in [0, 0.1) is 5.82 Å². The molecule has 1 N–H and O–H groups in total. The number of benzene rings is 2. The van der Waals surface area contributed by atoms with Crippen LogP contribution in [0.4, 0.5) is 23.2 Å². The SMILES string of the molecule is O=C(CN1CCN(S(=O)(=O)c2cccc(C(F)(F)F)c2)CC1)Nc1cccc(F)c1. The first-order chi connectivity index (χ1) is 14.1. The topological polar surface area (TPSA) is 69.7 Å². The minimum atomic E-state index is -4.64. The average molecular weight is 445 g/mol. The van der Waals surface area contributed by atoms with E-state index >= 15 is 0 Å². The molecule has 11 heteroatoms. The zero-order valence-electron chi connectivity index (χ0n) is 15.7. The molecule has 1 amide bonds. The zero-order chi connectivity index (χ0) is 21.9. The van der Waals surface area contributed by atoms with Crippen LogP contribution in [0.25, 0.3) is 0 Å². The Hall–Kier alpha value is -2.50. The molecule has 0 aliphatic carbocycles. The Bertz CT molecular complexity index is 1020. The molecule has 0 aromatic heterocycles. The molecule has 0 spiro atoms. The summed E-state index contributed by atoms with van der Waals surface area (Å²) in [6, 6.07) is 9.05. The van der Waals surface area contributed by atoms with Crippen molar-refractivity contribution in [1.82, 2.24) is 9.21 Å². The van der Waals surface area contributed by atoms with Crippen LogP contribution in [-0.2, 0) is 21.0 Å². The van der Waals surface area contributed by atoms with E-state index in [-0.39, 0.29) is 38.6 Å². The lowest BCUT2D eigenvalue weighted by atomic mass is 10.2. The highest BCUT2D eigenvalue weighted by atomic mass is 32.2. The van der Waals surface area contributed by atoms with Crippen LogP contribution in [0.2, 0.25) is 0 Å². The first kappa shape index (κ1) is 22.2. The Labute approximate surface area is 171 Å². The Kier molecular flexibility index (Phi) is 6.44. The van der Waals surface area contributed by atoms with E-state index in [1.807, 2.05) is 0 Å². The lowest BCUT2D eigenvalue weighted by molar-refractivity contribution is -0.137. The lowest BCUT2D eigenvalue weighted by Gasteiger charge is -2.33. The van der Waals surface area contributed by atoms with E-state index in [9.17, 15) is 30.8 Å². The van der Waals surface area contributed by atoms with E-state index in [0.29, 0.717) is 11.8 Å². The second kappa shape index (κ2) is 8.70. The van der Waals surface area contributed by atoms with Gasteiger partial charge < -0.3 is 5.32 Å². The standard InChI is InChI=1S/C19H19F4N3O3S/c20-15-4-2-5-16(12-15)24-18(27)13-25-7-9-26(10-8-25)30(28,29)17-6-1-3-14(11-17)19(21,22)23/h1-6,11-12H,7-10,13H2,(H,24,27). The molecule has 2 aromatic carbocycles. The summed E-state index contributed by atoms with van der Waals surface area (Å²) in [7, 11) is -4.09. The Morgan fingerprint density at radius 2 is 1.67 bits per heavy atom. The maximum absolute atomic E-state index is 13.2. The molecule has 1 aliphatic heterocycles. The van der Waals surface area contributed by atoms with Crippen LogP contribution >= 0.6 is 0 Å². The largest absolute Gasteiger partial charge is 0.416 e. The zero-order valence-corrected chi connectivity index (χ0v) is 16.5. The number of sulfonamides is 1. The number of hydrogen-bond acceptors (Lipinski definition) is 4. The maximum atomic E-state index is 13.2. The van der Waals surface area contributed by atoms with E-state index in [1.165, 1.54) is 18.2 Å². The van der Waals surface area contributed by atoms with Crippen molar-refractivity contribution < 1.29 is 30.8 Å². The lowest BCUT2D eigenvalue weighted by Crippen LogP contribution is -2.50. The Morgan fingerprint density at radius 1 is 1.00 bits per heavy atom. The molecule has 1 heterocycles. The number of alkyl halides is 3. The van der Waals surface area contributed by atoms with Gasteiger partial charge in [0.25, 0.3) is 0 Å². The molecule has 0 saturated carbocycles. The third kappa shape index (κ3) is 5.35. The first-order valence-corrected chi connectivity index (χ1v) is 10.4. The fourth-order valence-electron chi connectivity index (χ4n) is 3.08. The summed E-state index contributed by atoms with van der Waals surface area (Å²) in [5.41, 5.74) is -0.720. The van der Waals surface area contributed by atoms with E-state index in [1.54, 1.807) is 11.0 Å². The summed E-state index contributed by atoms with van der Waals surface area (Å²) < 4.78 is 78.3. The van der Waals surface area contributed by atoms with Gasteiger partial charge in [-0.05, 0) is 36.4 Å². The average Bonchev–Trinajstić information content (AvgIpc) is 2.68. The molecule has 0 atom stereocenters. The van der Waals surface area contributed by atoms with Gasteiger partial charge in [-0.25, -0.2) is 12.8 Å². The highest BCUT2D eigenvalue weighted by molar-refractivity contribution is 7.89. The van der Waals surface area contributed by atoms with Crippen molar-refractivity contribution >= 4 is 21.6 Å². The second-order valence-corrected chi connectivity index (χ2v) is 8.70. The number of nitrogens with zero attached hydrogens (tertiary/aromatic N) is 2. The predicted molar refractivity (Wildman–Crippen MR) is 102 cm³/mol. The van der Waals surface area contributed by atoms with Gasteiger partial charge in [0, 0.05) is 31.9 Å². The molecule has 162 valence electrons. The van der Waals surface area contributed by atoms with Crippen molar-refractivity contribution in [3.63, 3.8) is 0 Å². The summed E-state index contributed by atoms with van der Waals surface area (Å²) in [6.45, 7) is 0.509. The summed E-state index contributed by atoms with van der Waals surface area (Å²) in [5, 5.41) is 2.56. The molecule has 0 bridgehead atoms. The van der Waals surface area contributed by atoms with Crippen molar-refractivity contribution in [3.05, 3.63) is 59.9 Å².